The van der Waals surface area contributed by atoms with Gasteiger partial charge in [0.15, 0.2) is 11.5 Å². The fraction of sp³-hybridized carbons (Fsp3) is 0.409. The van der Waals surface area contributed by atoms with Crippen molar-refractivity contribution < 1.29 is 22.7 Å². The van der Waals surface area contributed by atoms with Crippen molar-refractivity contribution in [1.82, 2.24) is 9.62 Å². The van der Waals surface area contributed by atoms with Gasteiger partial charge in [-0.2, -0.15) is 0 Å². The third kappa shape index (κ3) is 4.94. The number of nitrogens with zero attached hydrogens (tertiary/aromatic N) is 1. The van der Waals surface area contributed by atoms with Crippen molar-refractivity contribution in [2.24, 2.45) is 0 Å². The zero-order valence-electron chi connectivity index (χ0n) is 16.7. The lowest BCUT2D eigenvalue weighted by Gasteiger charge is -2.26. The number of carbonyl (C=O) groups excluding carboxylic acids is 1. The molecule has 8 heteroatoms. The van der Waals surface area contributed by atoms with Gasteiger partial charge in [0.25, 0.3) is 5.91 Å². The van der Waals surface area contributed by atoms with Gasteiger partial charge in [-0.3, -0.25) is 4.79 Å². The Morgan fingerprint density at radius 1 is 1.00 bits per heavy atom. The lowest BCUT2D eigenvalue weighted by molar-refractivity contribution is 0.0789. The van der Waals surface area contributed by atoms with Crippen LogP contribution in [-0.4, -0.2) is 51.0 Å². The second-order valence-electron chi connectivity index (χ2n) is 7.62. The van der Waals surface area contributed by atoms with E-state index in [1.807, 2.05) is 24.3 Å². The lowest BCUT2D eigenvalue weighted by atomic mass is 10.1. The van der Waals surface area contributed by atoms with E-state index in [-0.39, 0.29) is 17.8 Å². The van der Waals surface area contributed by atoms with E-state index in [1.165, 1.54) is 0 Å². The number of para-hydroxylation sites is 2. The number of benzene rings is 2. The minimum Gasteiger partial charge on any atom is -0.486 e. The van der Waals surface area contributed by atoms with Gasteiger partial charge >= 0.3 is 0 Å². The molecule has 2 aromatic carbocycles. The van der Waals surface area contributed by atoms with Crippen LogP contribution in [0.1, 0.15) is 35.2 Å². The van der Waals surface area contributed by atoms with Crippen molar-refractivity contribution in [3.63, 3.8) is 0 Å². The zero-order chi connectivity index (χ0) is 21.0. The summed E-state index contributed by atoms with van der Waals surface area (Å²) in [6, 6.07) is 14.1. The normalized spacial score (nSPS) is 19.3. The molecular weight excluding hydrogens is 404 g/mol. The van der Waals surface area contributed by atoms with Gasteiger partial charge in [0, 0.05) is 18.7 Å². The highest BCUT2D eigenvalue weighted by Crippen LogP contribution is 2.30. The van der Waals surface area contributed by atoms with Crippen molar-refractivity contribution >= 4 is 15.9 Å². The summed E-state index contributed by atoms with van der Waals surface area (Å²) in [7, 11) is -3.32. The Morgan fingerprint density at radius 3 is 2.43 bits per heavy atom. The highest BCUT2D eigenvalue weighted by Gasteiger charge is 2.24. The summed E-state index contributed by atoms with van der Waals surface area (Å²) >= 11 is 0. The van der Waals surface area contributed by atoms with Gasteiger partial charge in [-0.25, -0.2) is 12.7 Å². The van der Waals surface area contributed by atoms with Crippen LogP contribution in [0.4, 0.5) is 0 Å². The first-order valence-electron chi connectivity index (χ1n) is 10.2. The number of fused-ring (bicyclic) bond motifs is 1. The van der Waals surface area contributed by atoms with E-state index >= 15 is 0 Å². The summed E-state index contributed by atoms with van der Waals surface area (Å²) in [5.74, 6) is 1.10. The van der Waals surface area contributed by atoms with Crippen LogP contribution in [0.15, 0.2) is 48.5 Å². The Kier molecular flexibility index (Phi) is 6.24. The molecule has 2 aromatic rings. The van der Waals surface area contributed by atoms with Gasteiger partial charge in [0.1, 0.15) is 12.7 Å². The van der Waals surface area contributed by atoms with E-state index in [1.54, 1.807) is 28.6 Å². The maximum absolute atomic E-state index is 12.6. The zero-order valence-corrected chi connectivity index (χ0v) is 17.6. The third-order valence-corrected chi connectivity index (χ3v) is 7.18. The summed E-state index contributed by atoms with van der Waals surface area (Å²) in [4.78, 5) is 12.4. The Bertz CT molecular complexity index is 985. The third-order valence-electron chi connectivity index (χ3n) is 5.33. The predicted octanol–water partition coefficient (Wildman–Crippen LogP) is 2.57. The minimum absolute atomic E-state index is 0.0401. The molecule has 1 amide bonds. The Hall–Kier alpha value is -2.58. The second kappa shape index (κ2) is 9.06. The molecule has 0 spiro atoms. The molecule has 1 saturated heterocycles. The van der Waals surface area contributed by atoms with Crippen LogP contribution >= 0.6 is 0 Å². The molecule has 0 unspecified atom stereocenters. The number of hydrogen-bond acceptors (Lipinski definition) is 5. The number of amides is 1. The lowest BCUT2D eigenvalue weighted by Crippen LogP contribution is -2.40. The summed E-state index contributed by atoms with van der Waals surface area (Å²) in [5.41, 5.74) is 1.16. The van der Waals surface area contributed by atoms with Crippen molar-refractivity contribution in [2.75, 3.05) is 26.2 Å². The first-order chi connectivity index (χ1) is 14.5. The smallest absolute Gasteiger partial charge is 0.251 e. The van der Waals surface area contributed by atoms with E-state index in [0.717, 1.165) is 19.3 Å². The molecule has 2 aliphatic heterocycles. The van der Waals surface area contributed by atoms with Gasteiger partial charge in [-0.05, 0) is 42.7 Å². The largest absolute Gasteiger partial charge is 0.486 e. The molecule has 2 aliphatic rings. The van der Waals surface area contributed by atoms with Gasteiger partial charge in [0.05, 0.1) is 12.3 Å². The van der Waals surface area contributed by atoms with E-state index in [0.29, 0.717) is 48.9 Å². The summed E-state index contributed by atoms with van der Waals surface area (Å²) in [6.45, 7) is 1.88. The van der Waals surface area contributed by atoms with Crippen LogP contribution in [0, 0.1) is 0 Å². The van der Waals surface area contributed by atoms with E-state index < -0.39 is 10.0 Å². The van der Waals surface area contributed by atoms with Crippen LogP contribution in [0.3, 0.4) is 0 Å². The number of sulfonamides is 1. The number of ether oxygens (including phenoxy) is 2. The van der Waals surface area contributed by atoms with Crippen molar-refractivity contribution in [2.45, 2.75) is 31.1 Å². The monoisotopic (exact) mass is 430 g/mol. The molecule has 2 heterocycles. The van der Waals surface area contributed by atoms with Gasteiger partial charge in [-0.15, -0.1) is 0 Å². The minimum atomic E-state index is -3.32. The quantitative estimate of drug-likeness (QED) is 0.761. The van der Waals surface area contributed by atoms with Crippen molar-refractivity contribution in [1.29, 1.82) is 0 Å². The molecule has 30 heavy (non-hydrogen) atoms. The SMILES string of the molecule is O=C(NC[C@H]1COc2ccccc2O1)c1ccc(CS(=O)(=O)N2CCCCC2)cc1. The number of carbonyl (C=O) groups is 1. The average Bonchev–Trinajstić information content (AvgIpc) is 2.78. The number of piperidine rings is 1. The second-order valence-corrected chi connectivity index (χ2v) is 9.59. The fourth-order valence-corrected chi connectivity index (χ4v) is 5.28. The number of hydrogen-bond donors (Lipinski definition) is 1. The van der Waals surface area contributed by atoms with Gasteiger partial charge in [0.2, 0.25) is 10.0 Å². The van der Waals surface area contributed by atoms with Crippen LogP contribution in [-0.2, 0) is 15.8 Å². The molecule has 1 N–H and O–H groups in total. The van der Waals surface area contributed by atoms with Crippen molar-refractivity contribution in [3.8, 4) is 11.5 Å². The fourth-order valence-electron chi connectivity index (χ4n) is 3.67. The maximum atomic E-state index is 12.6. The van der Waals surface area contributed by atoms with Crippen LogP contribution < -0.4 is 14.8 Å². The Labute approximate surface area is 177 Å². The molecule has 1 fully saturated rings. The maximum Gasteiger partial charge on any atom is 0.251 e. The summed E-state index contributed by atoms with van der Waals surface area (Å²) in [5, 5.41) is 2.85. The first kappa shape index (κ1) is 20.7. The Balaban J connectivity index is 1.30. The molecule has 0 aliphatic carbocycles. The Morgan fingerprint density at radius 2 is 1.70 bits per heavy atom. The van der Waals surface area contributed by atoms with Crippen molar-refractivity contribution in [3.05, 3.63) is 59.7 Å². The molecule has 7 nitrogen and oxygen atoms in total. The molecule has 4 rings (SSSR count). The van der Waals surface area contributed by atoms with E-state index in [2.05, 4.69) is 5.32 Å². The number of rotatable bonds is 6. The van der Waals surface area contributed by atoms with Crippen LogP contribution in [0.25, 0.3) is 0 Å². The summed E-state index contributed by atoms with van der Waals surface area (Å²) < 4.78 is 38.2. The topological polar surface area (TPSA) is 84.9 Å². The number of nitrogens with one attached hydrogen (secondary N) is 1. The molecule has 0 radical (unpaired) electrons. The van der Waals surface area contributed by atoms with Gasteiger partial charge < -0.3 is 14.8 Å². The molecule has 0 saturated carbocycles. The average molecular weight is 431 g/mol. The summed E-state index contributed by atoms with van der Waals surface area (Å²) in [6.07, 6.45) is 2.65. The highest BCUT2D eigenvalue weighted by atomic mass is 32.2. The first-order valence-corrected chi connectivity index (χ1v) is 11.9. The van der Waals surface area contributed by atoms with E-state index in [4.69, 9.17) is 9.47 Å². The molecular formula is C22H26N2O5S. The highest BCUT2D eigenvalue weighted by molar-refractivity contribution is 7.88. The molecule has 1 atom stereocenters. The molecule has 0 bridgehead atoms. The van der Waals surface area contributed by atoms with Gasteiger partial charge in [-0.1, -0.05) is 30.7 Å². The van der Waals surface area contributed by atoms with Crippen LogP contribution in [0.5, 0.6) is 11.5 Å². The predicted molar refractivity (Wildman–Crippen MR) is 113 cm³/mol. The van der Waals surface area contributed by atoms with E-state index in [9.17, 15) is 13.2 Å². The molecule has 160 valence electrons. The standard InChI is InChI=1S/C22H26N2O5S/c25-22(23-14-19-15-28-20-6-2-3-7-21(20)29-19)18-10-8-17(9-11-18)16-30(26,27)24-12-4-1-5-13-24/h2-3,6-11,19H,1,4-5,12-16H2,(H,23,25)/t19-/m0/s1. The molecule has 0 aromatic heterocycles. The van der Waals surface area contributed by atoms with Crippen LogP contribution in [0.2, 0.25) is 0 Å².